The molecule has 1 aromatic heterocycles. The molecule has 0 bridgehead atoms. The number of anilines is 1. The predicted molar refractivity (Wildman–Crippen MR) is 81.8 cm³/mol. The fraction of sp³-hybridized carbons (Fsp3) is 0.286. The Morgan fingerprint density at radius 2 is 1.91 bits per heavy atom. The lowest BCUT2D eigenvalue weighted by atomic mass is 10.3. The van der Waals surface area contributed by atoms with Gasteiger partial charge in [0.2, 0.25) is 0 Å². The minimum atomic E-state index is -4.02. The third-order valence-corrected chi connectivity index (χ3v) is 6.58. The predicted octanol–water partition coefficient (Wildman–Crippen LogP) is 2.83. The summed E-state index contributed by atoms with van der Waals surface area (Å²) in [6.07, 6.45) is 0. The maximum atomic E-state index is 13.9. The summed E-state index contributed by atoms with van der Waals surface area (Å²) in [5.41, 5.74) is 0.520. The van der Waals surface area contributed by atoms with Crippen LogP contribution in [0, 0.1) is 25.5 Å². The molecule has 1 heterocycles. The number of thiophene rings is 1. The van der Waals surface area contributed by atoms with Crippen molar-refractivity contribution < 1.29 is 22.3 Å². The van der Waals surface area contributed by atoms with E-state index in [1.165, 1.54) is 6.07 Å². The summed E-state index contributed by atoms with van der Waals surface area (Å²) in [6.45, 7) is 2.76. The Labute approximate surface area is 131 Å². The van der Waals surface area contributed by atoms with Crippen molar-refractivity contribution in [1.82, 2.24) is 0 Å². The molecular formula is C14H15F2NO3S2. The Kier molecular flexibility index (Phi) is 4.84. The van der Waals surface area contributed by atoms with Gasteiger partial charge in [-0.3, -0.25) is 4.31 Å². The molecule has 2 aromatic rings. The van der Waals surface area contributed by atoms with E-state index in [-0.39, 0.29) is 16.4 Å². The number of benzene rings is 1. The second-order valence-electron chi connectivity index (χ2n) is 4.70. The fourth-order valence-electron chi connectivity index (χ4n) is 1.92. The van der Waals surface area contributed by atoms with E-state index in [4.69, 9.17) is 5.11 Å². The van der Waals surface area contributed by atoms with Crippen LogP contribution in [0.1, 0.15) is 10.4 Å². The maximum Gasteiger partial charge on any atom is 0.274 e. The molecule has 4 nitrogen and oxygen atoms in total. The summed E-state index contributed by atoms with van der Waals surface area (Å²) >= 11 is 1.07. The molecule has 0 saturated heterocycles. The topological polar surface area (TPSA) is 57.6 Å². The van der Waals surface area contributed by atoms with Crippen LogP contribution < -0.4 is 4.31 Å². The monoisotopic (exact) mass is 347 g/mol. The van der Waals surface area contributed by atoms with Crippen LogP contribution in [0.4, 0.5) is 14.5 Å². The van der Waals surface area contributed by atoms with E-state index >= 15 is 0 Å². The molecule has 0 unspecified atom stereocenters. The molecule has 0 saturated carbocycles. The number of halogens is 2. The van der Waals surface area contributed by atoms with Gasteiger partial charge < -0.3 is 5.11 Å². The van der Waals surface area contributed by atoms with E-state index in [2.05, 4.69) is 0 Å². The third kappa shape index (κ3) is 3.13. The average molecular weight is 347 g/mol. The number of sulfonamides is 1. The molecule has 0 atom stereocenters. The van der Waals surface area contributed by atoms with Crippen LogP contribution in [0.5, 0.6) is 0 Å². The number of aryl methyl sites for hydroxylation is 2. The van der Waals surface area contributed by atoms with Gasteiger partial charge in [-0.25, -0.2) is 17.2 Å². The van der Waals surface area contributed by atoms with Gasteiger partial charge in [-0.2, -0.15) is 0 Å². The van der Waals surface area contributed by atoms with Crippen LogP contribution in [0.25, 0.3) is 0 Å². The van der Waals surface area contributed by atoms with Crippen molar-refractivity contribution in [2.75, 3.05) is 17.5 Å². The zero-order valence-corrected chi connectivity index (χ0v) is 13.6. The number of rotatable bonds is 5. The summed E-state index contributed by atoms with van der Waals surface area (Å²) < 4.78 is 53.1. The second-order valence-corrected chi connectivity index (χ2v) is 8.05. The lowest BCUT2D eigenvalue weighted by molar-refractivity contribution is 0.306. The summed E-state index contributed by atoms with van der Waals surface area (Å²) in [5.74, 6) is -1.80. The number of aliphatic hydroxyl groups is 1. The molecule has 0 amide bonds. The lowest BCUT2D eigenvalue weighted by Crippen LogP contribution is -2.33. The Morgan fingerprint density at radius 3 is 2.41 bits per heavy atom. The zero-order chi connectivity index (χ0) is 16.5. The molecule has 0 aliphatic carbocycles. The first-order chi connectivity index (χ1) is 10.3. The minimum absolute atomic E-state index is 0.0553. The third-order valence-electron chi connectivity index (χ3n) is 3.17. The largest absolute Gasteiger partial charge is 0.394 e. The molecular weight excluding hydrogens is 332 g/mol. The number of nitrogens with zero attached hydrogens (tertiary/aromatic N) is 1. The highest BCUT2D eigenvalue weighted by Crippen LogP contribution is 2.31. The van der Waals surface area contributed by atoms with Gasteiger partial charge in [-0.15, -0.1) is 11.3 Å². The van der Waals surface area contributed by atoms with E-state index in [1.807, 2.05) is 0 Å². The van der Waals surface area contributed by atoms with Gasteiger partial charge in [-0.1, -0.05) is 0 Å². The maximum absolute atomic E-state index is 13.9. The van der Waals surface area contributed by atoms with Gasteiger partial charge in [-0.05, 0) is 37.6 Å². The van der Waals surface area contributed by atoms with Crippen LogP contribution in [0.2, 0.25) is 0 Å². The van der Waals surface area contributed by atoms with Gasteiger partial charge >= 0.3 is 0 Å². The average Bonchev–Trinajstić information content (AvgIpc) is 2.77. The Balaban J connectivity index is 2.55. The van der Waals surface area contributed by atoms with Crippen molar-refractivity contribution >= 4 is 27.0 Å². The molecule has 0 aliphatic heterocycles. The smallest absolute Gasteiger partial charge is 0.274 e. The Morgan fingerprint density at radius 1 is 1.23 bits per heavy atom. The fourth-order valence-corrected chi connectivity index (χ4v) is 5.01. The molecule has 0 fully saturated rings. The highest BCUT2D eigenvalue weighted by molar-refractivity contribution is 7.94. The van der Waals surface area contributed by atoms with Crippen LogP contribution >= 0.6 is 11.3 Å². The van der Waals surface area contributed by atoms with E-state index in [0.29, 0.717) is 6.07 Å². The first-order valence-electron chi connectivity index (χ1n) is 6.43. The molecule has 8 heteroatoms. The SMILES string of the molecule is Cc1cc(S(=O)(=O)N(CCO)c2ccc(F)cc2F)sc1C. The zero-order valence-electron chi connectivity index (χ0n) is 12.0. The van der Waals surface area contributed by atoms with Gasteiger partial charge in [0.25, 0.3) is 10.0 Å². The van der Waals surface area contributed by atoms with Crippen molar-refractivity contribution in [3.8, 4) is 0 Å². The van der Waals surface area contributed by atoms with E-state index in [0.717, 1.165) is 38.2 Å². The van der Waals surface area contributed by atoms with Crippen LogP contribution in [0.3, 0.4) is 0 Å². The summed E-state index contributed by atoms with van der Waals surface area (Å²) in [6, 6.07) is 4.13. The van der Waals surface area contributed by atoms with Crippen molar-refractivity contribution in [3.05, 3.63) is 46.3 Å². The van der Waals surface area contributed by atoms with Crippen LogP contribution in [-0.2, 0) is 10.0 Å². The number of aliphatic hydroxyl groups excluding tert-OH is 1. The molecule has 1 N–H and O–H groups in total. The highest BCUT2D eigenvalue weighted by Gasteiger charge is 2.28. The molecule has 0 aliphatic rings. The summed E-state index contributed by atoms with van der Waals surface area (Å²) in [7, 11) is -4.02. The molecule has 0 spiro atoms. The first-order valence-corrected chi connectivity index (χ1v) is 8.68. The van der Waals surface area contributed by atoms with Gasteiger partial charge in [0.15, 0.2) is 0 Å². The molecule has 0 radical (unpaired) electrons. The lowest BCUT2D eigenvalue weighted by Gasteiger charge is -2.23. The summed E-state index contributed by atoms with van der Waals surface area (Å²) in [5, 5.41) is 9.11. The molecule has 22 heavy (non-hydrogen) atoms. The van der Waals surface area contributed by atoms with Crippen molar-refractivity contribution in [3.63, 3.8) is 0 Å². The van der Waals surface area contributed by atoms with Gasteiger partial charge in [0, 0.05) is 10.9 Å². The first kappa shape index (κ1) is 16.9. The van der Waals surface area contributed by atoms with Crippen molar-refractivity contribution in [1.29, 1.82) is 0 Å². The number of hydrogen-bond donors (Lipinski definition) is 1. The van der Waals surface area contributed by atoms with Crippen LogP contribution in [0.15, 0.2) is 28.5 Å². The van der Waals surface area contributed by atoms with E-state index in [9.17, 15) is 17.2 Å². The van der Waals surface area contributed by atoms with Crippen LogP contribution in [-0.4, -0.2) is 26.7 Å². The van der Waals surface area contributed by atoms with Crippen molar-refractivity contribution in [2.24, 2.45) is 0 Å². The van der Waals surface area contributed by atoms with E-state index < -0.39 is 28.3 Å². The molecule has 120 valence electrons. The van der Waals surface area contributed by atoms with Gasteiger partial charge in [0.1, 0.15) is 15.8 Å². The Hall–Kier alpha value is -1.51. The quantitative estimate of drug-likeness (QED) is 0.905. The minimum Gasteiger partial charge on any atom is -0.394 e. The standard InChI is InChI=1S/C14H15F2NO3S2/c1-9-7-14(21-10(9)2)22(19,20)17(5-6-18)13-4-3-11(15)8-12(13)16/h3-4,7-8,18H,5-6H2,1-2H3. The molecule has 2 rings (SSSR count). The van der Waals surface area contributed by atoms with E-state index in [1.54, 1.807) is 13.8 Å². The number of hydrogen-bond acceptors (Lipinski definition) is 4. The normalized spacial score (nSPS) is 11.7. The second kappa shape index (κ2) is 6.31. The van der Waals surface area contributed by atoms with Crippen molar-refractivity contribution in [2.45, 2.75) is 18.1 Å². The highest BCUT2D eigenvalue weighted by atomic mass is 32.2. The van der Waals surface area contributed by atoms with Gasteiger partial charge in [0.05, 0.1) is 18.8 Å². The summed E-state index contributed by atoms with van der Waals surface area (Å²) in [4.78, 5) is 0.835. The molecule has 1 aromatic carbocycles. The Bertz CT molecular complexity index is 768.